The highest BCUT2D eigenvalue weighted by atomic mass is 32.2. The fraction of sp³-hybridized carbons (Fsp3) is 0.0417. The minimum atomic E-state index is -0.211. The number of ether oxygens (including phenoxy) is 1. The van der Waals surface area contributed by atoms with Gasteiger partial charge in [-0.3, -0.25) is 9.78 Å². The SMILES string of the molecule is O=C(Nc1cccc(Oc2ccccc2)c1)c1cccnc1SCc1ccncc1. The number of hydrogen-bond donors (Lipinski definition) is 1. The van der Waals surface area contributed by atoms with E-state index in [1.165, 1.54) is 11.8 Å². The molecule has 5 nitrogen and oxygen atoms in total. The smallest absolute Gasteiger partial charge is 0.258 e. The van der Waals surface area contributed by atoms with Crippen LogP contribution in [0.1, 0.15) is 15.9 Å². The first-order valence-corrected chi connectivity index (χ1v) is 10.4. The Hall–Kier alpha value is -3.64. The molecule has 0 aliphatic heterocycles. The Morgan fingerprint density at radius 3 is 2.50 bits per heavy atom. The second-order valence-corrected chi connectivity index (χ2v) is 7.36. The summed E-state index contributed by atoms with van der Waals surface area (Å²) in [4.78, 5) is 21.3. The molecule has 0 radical (unpaired) electrons. The van der Waals surface area contributed by atoms with Gasteiger partial charge in [0, 0.05) is 36.1 Å². The number of aromatic nitrogens is 2. The van der Waals surface area contributed by atoms with Gasteiger partial charge in [-0.2, -0.15) is 0 Å². The van der Waals surface area contributed by atoms with Crippen molar-refractivity contribution >= 4 is 23.4 Å². The van der Waals surface area contributed by atoms with Crippen molar-refractivity contribution in [1.82, 2.24) is 9.97 Å². The normalized spacial score (nSPS) is 10.4. The number of carbonyl (C=O) groups excluding carboxylic acids is 1. The molecule has 0 atom stereocenters. The fourth-order valence-corrected chi connectivity index (χ4v) is 3.72. The quantitative estimate of drug-likeness (QED) is 0.387. The Bertz CT molecular complexity index is 1120. The molecule has 0 aliphatic carbocycles. The van der Waals surface area contributed by atoms with E-state index >= 15 is 0 Å². The molecule has 0 saturated heterocycles. The van der Waals surface area contributed by atoms with Crippen LogP contribution in [0.25, 0.3) is 0 Å². The summed E-state index contributed by atoms with van der Waals surface area (Å²) >= 11 is 1.52. The van der Waals surface area contributed by atoms with Gasteiger partial charge in [0.2, 0.25) is 0 Å². The molecule has 148 valence electrons. The monoisotopic (exact) mass is 413 g/mol. The summed E-state index contributed by atoms with van der Waals surface area (Å²) in [5, 5.41) is 3.62. The third kappa shape index (κ3) is 5.24. The zero-order valence-corrected chi connectivity index (χ0v) is 16.9. The number of rotatable bonds is 7. The third-order valence-corrected chi connectivity index (χ3v) is 5.29. The van der Waals surface area contributed by atoms with Crippen molar-refractivity contribution in [3.8, 4) is 11.5 Å². The average molecular weight is 414 g/mol. The highest BCUT2D eigenvalue weighted by molar-refractivity contribution is 7.98. The van der Waals surface area contributed by atoms with Crippen LogP contribution in [0.2, 0.25) is 0 Å². The second kappa shape index (κ2) is 9.71. The number of thioether (sulfide) groups is 1. The predicted molar refractivity (Wildman–Crippen MR) is 119 cm³/mol. The van der Waals surface area contributed by atoms with Gasteiger partial charge in [-0.1, -0.05) is 24.3 Å². The summed E-state index contributed by atoms with van der Waals surface area (Å²) in [6.07, 6.45) is 5.21. The summed E-state index contributed by atoms with van der Waals surface area (Å²) in [6, 6.07) is 24.3. The zero-order valence-electron chi connectivity index (χ0n) is 16.1. The Labute approximate surface area is 179 Å². The molecule has 0 aliphatic rings. The standard InChI is InChI=1S/C24H19N3O2S/c28-23(22-10-5-13-26-24(22)30-17-18-11-14-25-15-12-18)27-19-6-4-9-21(16-19)29-20-7-2-1-3-8-20/h1-16H,17H2,(H,27,28). The Morgan fingerprint density at radius 2 is 1.67 bits per heavy atom. The first-order chi connectivity index (χ1) is 14.8. The number of benzene rings is 2. The van der Waals surface area contributed by atoms with E-state index in [1.54, 1.807) is 36.8 Å². The summed E-state index contributed by atoms with van der Waals surface area (Å²) in [6.45, 7) is 0. The van der Waals surface area contributed by atoms with E-state index in [0.29, 0.717) is 27.8 Å². The Balaban J connectivity index is 1.46. The molecular weight excluding hydrogens is 394 g/mol. The van der Waals surface area contributed by atoms with E-state index < -0.39 is 0 Å². The van der Waals surface area contributed by atoms with Gasteiger partial charge < -0.3 is 10.1 Å². The number of pyridine rings is 2. The van der Waals surface area contributed by atoms with Gasteiger partial charge in [-0.15, -0.1) is 11.8 Å². The van der Waals surface area contributed by atoms with Gasteiger partial charge in [0.05, 0.1) is 5.56 Å². The van der Waals surface area contributed by atoms with Gasteiger partial charge >= 0.3 is 0 Å². The lowest BCUT2D eigenvalue weighted by molar-refractivity contribution is 0.102. The lowest BCUT2D eigenvalue weighted by atomic mass is 10.2. The minimum Gasteiger partial charge on any atom is -0.457 e. The van der Waals surface area contributed by atoms with E-state index in [0.717, 1.165) is 11.3 Å². The number of anilines is 1. The Kier molecular flexibility index (Phi) is 6.37. The van der Waals surface area contributed by atoms with Crippen molar-refractivity contribution in [3.05, 3.63) is 109 Å². The van der Waals surface area contributed by atoms with Crippen LogP contribution in [0.15, 0.2) is 102 Å². The van der Waals surface area contributed by atoms with Crippen molar-refractivity contribution in [3.63, 3.8) is 0 Å². The maximum absolute atomic E-state index is 12.9. The van der Waals surface area contributed by atoms with Crippen LogP contribution < -0.4 is 10.1 Å². The van der Waals surface area contributed by atoms with Crippen LogP contribution in [0.5, 0.6) is 11.5 Å². The molecule has 6 heteroatoms. The first-order valence-electron chi connectivity index (χ1n) is 9.39. The zero-order chi connectivity index (χ0) is 20.6. The maximum Gasteiger partial charge on any atom is 0.258 e. The van der Waals surface area contributed by atoms with Gasteiger partial charge in [-0.25, -0.2) is 4.98 Å². The highest BCUT2D eigenvalue weighted by Crippen LogP contribution is 2.27. The average Bonchev–Trinajstić information content (AvgIpc) is 2.79. The molecule has 2 aromatic heterocycles. The maximum atomic E-state index is 12.9. The molecule has 30 heavy (non-hydrogen) atoms. The number of hydrogen-bond acceptors (Lipinski definition) is 5. The molecule has 0 bridgehead atoms. The summed E-state index contributed by atoms with van der Waals surface area (Å²) in [7, 11) is 0. The summed E-state index contributed by atoms with van der Waals surface area (Å²) in [5.41, 5.74) is 2.31. The Morgan fingerprint density at radius 1 is 0.867 bits per heavy atom. The molecule has 4 aromatic rings. The van der Waals surface area contributed by atoms with Crippen LogP contribution in [0.4, 0.5) is 5.69 Å². The molecule has 0 saturated carbocycles. The molecule has 1 amide bonds. The fourth-order valence-electron chi connectivity index (χ4n) is 2.77. The van der Waals surface area contributed by atoms with Crippen molar-refractivity contribution in [1.29, 1.82) is 0 Å². The summed E-state index contributed by atoms with van der Waals surface area (Å²) in [5.74, 6) is 1.89. The van der Waals surface area contributed by atoms with Crippen molar-refractivity contribution in [2.45, 2.75) is 10.8 Å². The number of para-hydroxylation sites is 1. The lowest BCUT2D eigenvalue weighted by Crippen LogP contribution is -2.13. The van der Waals surface area contributed by atoms with E-state index in [9.17, 15) is 4.79 Å². The van der Waals surface area contributed by atoms with E-state index in [2.05, 4.69) is 15.3 Å². The van der Waals surface area contributed by atoms with Gasteiger partial charge in [0.25, 0.3) is 5.91 Å². The predicted octanol–water partition coefficient (Wildman–Crippen LogP) is 5.81. The van der Waals surface area contributed by atoms with Crippen molar-refractivity contribution < 1.29 is 9.53 Å². The van der Waals surface area contributed by atoms with Crippen LogP contribution in [0.3, 0.4) is 0 Å². The largest absolute Gasteiger partial charge is 0.457 e. The number of amides is 1. The molecule has 2 aromatic carbocycles. The van der Waals surface area contributed by atoms with Gasteiger partial charge in [0.15, 0.2) is 0 Å². The van der Waals surface area contributed by atoms with Crippen molar-refractivity contribution in [2.24, 2.45) is 0 Å². The van der Waals surface area contributed by atoms with Crippen LogP contribution in [0, 0.1) is 0 Å². The molecule has 2 heterocycles. The topological polar surface area (TPSA) is 64.1 Å². The number of nitrogens with one attached hydrogen (secondary N) is 1. The molecule has 4 rings (SSSR count). The van der Waals surface area contributed by atoms with Gasteiger partial charge in [0.1, 0.15) is 16.5 Å². The minimum absolute atomic E-state index is 0.211. The first kappa shape index (κ1) is 19.7. The molecule has 1 N–H and O–H groups in total. The number of nitrogens with zero attached hydrogens (tertiary/aromatic N) is 2. The molecular formula is C24H19N3O2S. The molecule has 0 spiro atoms. The van der Waals surface area contributed by atoms with E-state index in [1.807, 2.05) is 60.7 Å². The molecule has 0 fully saturated rings. The van der Waals surface area contributed by atoms with Crippen LogP contribution >= 0.6 is 11.8 Å². The second-order valence-electron chi connectivity index (χ2n) is 6.40. The van der Waals surface area contributed by atoms with Crippen LogP contribution in [-0.2, 0) is 5.75 Å². The highest BCUT2D eigenvalue weighted by Gasteiger charge is 2.13. The number of carbonyl (C=O) groups is 1. The van der Waals surface area contributed by atoms with E-state index in [-0.39, 0.29) is 5.91 Å². The third-order valence-electron chi connectivity index (χ3n) is 4.21. The van der Waals surface area contributed by atoms with Crippen LogP contribution in [-0.4, -0.2) is 15.9 Å². The van der Waals surface area contributed by atoms with Gasteiger partial charge in [-0.05, 0) is 54.1 Å². The summed E-state index contributed by atoms with van der Waals surface area (Å²) < 4.78 is 5.84. The van der Waals surface area contributed by atoms with E-state index in [4.69, 9.17) is 4.74 Å². The lowest BCUT2D eigenvalue weighted by Gasteiger charge is -2.11. The molecule has 0 unspecified atom stereocenters. The van der Waals surface area contributed by atoms with Crippen molar-refractivity contribution in [2.75, 3.05) is 5.32 Å².